The molecular weight excluding hydrogens is 310 g/mol. The van der Waals surface area contributed by atoms with Crippen LogP contribution in [0, 0.1) is 6.92 Å². The van der Waals surface area contributed by atoms with Crippen LogP contribution in [0.15, 0.2) is 29.6 Å². The fourth-order valence-electron chi connectivity index (χ4n) is 2.22. The van der Waals surface area contributed by atoms with Gasteiger partial charge in [0.05, 0.1) is 12.1 Å². The number of ether oxygens (including phenoxy) is 1. The number of nitrogens with zero attached hydrogens (tertiary/aromatic N) is 1. The lowest BCUT2D eigenvalue weighted by molar-refractivity contribution is 0.185. The highest BCUT2D eigenvalue weighted by atomic mass is 32.1. The highest BCUT2D eigenvalue weighted by Crippen LogP contribution is 2.27. The van der Waals surface area contributed by atoms with Crippen molar-refractivity contribution in [3.63, 3.8) is 0 Å². The molecule has 0 aliphatic heterocycles. The molecule has 1 aromatic heterocycles. The van der Waals surface area contributed by atoms with E-state index in [-0.39, 0.29) is 6.03 Å². The van der Waals surface area contributed by atoms with Crippen LogP contribution in [-0.2, 0) is 16.9 Å². The summed E-state index contributed by atoms with van der Waals surface area (Å²) in [5.41, 5.74) is 2.25. The maximum atomic E-state index is 12.4. The SMILES string of the molecule is CC[C@](C)(NC(=O)Nc1cccc(COC)c1)c1nc(C)cs1. The predicted octanol–water partition coefficient (Wildman–Crippen LogP) is 4.04. The Morgan fingerprint density at radius 1 is 1.43 bits per heavy atom. The summed E-state index contributed by atoms with van der Waals surface area (Å²) in [7, 11) is 1.65. The smallest absolute Gasteiger partial charge is 0.320 e. The molecule has 1 heterocycles. The molecule has 0 radical (unpaired) electrons. The van der Waals surface area contributed by atoms with Crippen LogP contribution in [0.2, 0.25) is 0 Å². The van der Waals surface area contributed by atoms with Crippen molar-refractivity contribution >= 4 is 23.1 Å². The second-order valence-electron chi connectivity index (χ2n) is 5.69. The Morgan fingerprint density at radius 2 is 2.22 bits per heavy atom. The van der Waals surface area contributed by atoms with Crippen molar-refractivity contribution in [1.29, 1.82) is 0 Å². The maximum Gasteiger partial charge on any atom is 0.320 e. The zero-order valence-electron chi connectivity index (χ0n) is 14.0. The minimum absolute atomic E-state index is 0.239. The number of aromatic nitrogens is 1. The molecule has 124 valence electrons. The van der Waals surface area contributed by atoms with E-state index in [9.17, 15) is 4.79 Å². The first-order valence-electron chi connectivity index (χ1n) is 7.56. The summed E-state index contributed by atoms with van der Waals surface area (Å²) in [6.07, 6.45) is 0.761. The first kappa shape index (κ1) is 17.4. The third-order valence-electron chi connectivity index (χ3n) is 3.68. The maximum absolute atomic E-state index is 12.4. The topological polar surface area (TPSA) is 63.2 Å². The molecule has 0 fully saturated rings. The van der Waals surface area contributed by atoms with Crippen LogP contribution < -0.4 is 10.6 Å². The van der Waals surface area contributed by atoms with Gasteiger partial charge in [-0.1, -0.05) is 19.1 Å². The molecule has 0 saturated carbocycles. The minimum Gasteiger partial charge on any atom is -0.380 e. The van der Waals surface area contributed by atoms with Gasteiger partial charge in [-0.15, -0.1) is 11.3 Å². The lowest BCUT2D eigenvalue weighted by Crippen LogP contribution is -2.45. The molecule has 6 heteroatoms. The zero-order chi connectivity index (χ0) is 16.9. The summed E-state index contributed by atoms with van der Waals surface area (Å²) in [5, 5.41) is 8.83. The molecule has 1 aromatic carbocycles. The molecule has 1 atom stereocenters. The lowest BCUT2D eigenvalue weighted by atomic mass is 10.0. The highest BCUT2D eigenvalue weighted by Gasteiger charge is 2.29. The lowest BCUT2D eigenvalue weighted by Gasteiger charge is -2.27. The molecule has 0 unspecified atom stereocenters. The second kappa shape index (κ2) is 7.57. The number of aryl methyl sites for hydroxylation is 1. The third kappa shape index (κ3) is 4.53. The Labute approximate surface area is 141 Å². The molecule has 0 saturated heterocycles. The quantitative estimate of drug-likeness (QED) is 0.838. The largest absolute Gasteiger partial charge is 0.380 e. The number of benzene rings is 1. The Kier molecular flexibility index (Phi) is 5.74. The molecular formula is C17H23N3O2S. The highest BCUT2D eigenvalue weighted by molar-refractivity contribution is 7.09. The van der Waals surface area contributed by atoms with Gasteiger partial charge >= 0.3 is 6.03 Å². The summed E-state index contributed by atoms with van der Waals surface area (Å²) >= 11 is 1.57. The van der Waals surface area contributed by atoms with Crippen molar-refractivity contribution in [3.8, 4) is 0 Å². The van der Waals surface area contributed by atoms with Crippen molar-refractivity contribution in [2.45, 2.75) is 39.3 Å². The van der Waals surface area contributed by atoms with E-state index < -0.39 is 5.54 Å². The van der Waals surface area contributed by atoms with E-state index in [4.69, 9.17) is 4.74 Å². The van der Waals surface area contributed by atoms with Crippen LogP contribution in [0.3, 0.4) is 0 Å². The average molecular weight is 333 g/mol. The van der Waals surface area contributed by atoms with Gasteiger partial charge in [0, 0.05) is 23.9 Å². The van der Waals surface area contributed by atoms with Gasteiger partial charge in [-0.05, 0) is 38.0 Å². The Hall–Kier alpha value is -1.92. The van der Waals surface area contributed by atoms with E-state index >= 15 is 0 Å². The van der Waals surface area contributed by atoms with Crippen LogP contribution in [0.1, 0.15) is 36.5 Å². The van der Waals surface area contributed by atoms with Crippen LogP contribution in [0.4, 0.5) is 10.5 Å². The van der Waals surface area contributed by atoms with Gasteiger partial charge in [-0.25, -0.2) is 9.78 Å². The molecule has 5 nitrogen and oxygen atoms in total. The van der Waals surface area contributed by atoms with Gasteiger partial charge in [0.2, 0.25) is 0 Å². The van der Waals surface area contributed by atoms with Gasteiger partial charge in [-0.2, -0.15) is 0 Å². The summed E-state index contributed by atoms with van der Waals surface area (Å²) in [6, 6.07) is 7.38. The molecule has 0 aliphatic rings. The number of hydrogen-bond donors (Lipinski definition) is 2. The Bertz CT molecular complexity index is 671. The molecule has 0 bridgehead atoms. The van der Waals surface area contributed by atoms with E-state index in [1.54, 1.807) is 18.4 Å². The van der Waals surface area contributed by atoms with Gasteiger partial charge in [-0.3, -0.25) is 0 Å². The monoisotopic (exact) mass is 333 g/mol. The molecule has 2 amide bonds. The molecule has 23 heavy (non-hydrogen) atoms. The van der Waals surface area contributed by atoms with Crippen LogP contribution in [0.5, 0.6) is 0 Å². The number of carbonyl (C=O) groups excluding carboxylic acids is 1. The zero-order valence-corrected chi connectivity index (χ0v) is 14.8. The van der Waals surface area contributed by atoms with Crippen molar-refractivity contribution in [1.82, 2.24) is 10.3 Å². The van der Waals surface area contributed by atoms with Crippen molar-refractivity contribution in [3.05, 3.63) is 45.9 Å². The molecule has 2 aromatic rings. The fourth-order valence-corrected chi connectivity index (χ4v) is 3.21. The number of urea groups is 1. The summed E-state index contributed by atoms with van der Waals surface area (Å²) in [4.78, 5) is 16.9. The third-order valence-corrected chi connectivity index (χ3v) is 4.91. The van der Waals surface area contributed by atoms with Gasteiger partial charge in [0.1, 0.15) is 5.01 Å². The molecule has 2 N–H and O–H groups in total. The number of methoxy groups -OCH3 is 1. The number of rotatable bonds is 6. The van der Waals surface area contributed by atoms with Crippen LogP contribution >= 0.6 is 11.3 Å². The first-order chi connectivity index (χ1) is 11.0. The summed E-state index contributed by atoms with van der Waals surface area (Å²) < 4.78 is 5.11. The van der Waals surface area contributed by atoms with Crippen molar-refractivity contribution in [2.75, 3.05) is 12.4 Å². The van der Waals surface area contributed by atoms with Crippen LogP contribution in [0.25, 0.3) is 0 Å². The Morgan fingerprint density at radius 3 is 2.83 bits per heavy atom. The summed E-state index contributed by atoms with van der Waals surface area (Å²) in [6.45, 7) is 6.50. The number of amides is 2. The van der Waals surface area contributed by atoms with Gasteiger partial charge < -0.3 is 15.4 Å². The summed E-state index contributed by atoms with van der Waals surface area (Å²) in [5.74, 6) is 0. The normalized spacial score (nSPS) is 13.4. The van der Waals surface area contributed by atoms with E-state index in [1.165, 1.54) is 0 Å². The van der Waals surface area contributed by atoms with E-state index in [0.29, 0.717) is 6.61 Å². The molecule has 2 rings (SSSR count). The number of nitrogens with one attached hydrogen (secondary N) is 2. The Balaban J connectivity index is 2.07. The number of thiazole rings is 1. The minimum atomic E-state index is -0.479. The fraction of sp³-hybridized carbons (Fsp3) is 0.412. The predicted molar refractivity (Wildman–Crippen MR) is 93.8 cm³/mol. The number of hydrogen-bond acceptors (Lipinski definition) is 4. The average Bonchev–Trinajstić information content (AvgIpc) is 2.95. The first-order valence-corrected chi connectivity index (χ1v) is 8.44. The molecule has 0 spiro atoms. The second-order valence-corrected chi connectivity index (χ2v) is 6.55. The van der Waals surface area contributed by atoms with Crippen LogP contribution in [-0.4, -0.2) is 18.1 Å². The standard InChI is InChI=1S/C17H23N3O2S/c1-5-17(3,15-18-12(2)11-23-15)20-16(21)19-14-8-6-7-13(9-14)10-22-4/h6-9,11H,5,10H2,1-4H3,(H2,19,20,21)/t17-/m0/s1. The van der Waals surface area contributed by atoms with Crippen molar-refractivity contribution < 1.29 is 9.53 Å². The van der Waals surface area contributed by atoms with E-state index in [2.05, 4.69) is 15.6 Å². The molecule has 0 aliphatic carbocycles. The number of carbonyl (C=O) groups is 1. The van der Waals surface area contributed by atoms with E-state index in [1.807, 2.05) is 50.4 Å². The van der Waals surface area contributed by atoms with Crippen molar-refractivity contribution in [2.24, 2.45) is 0 Å². The number of anilines is 1. The van der Waals surface area contributed by atoms with Gasteiger partial charge in [0.25, 0.3) is 0 Å². The van der Waals surface area contributed by atoms with E-state index in [0.717, 1.165) is 28.4 Å². The van der Waals surface area contributed by atoms with Gasteiger partial charge in [0.15, 0.2) is 0 Å².